The van der Waals surface area contributed by atoms with Gasteiger partial charge in [-0.25, -0.2) is 19.6 Å². The molecule has 16 nitrogen and oxygen atoms in total. The van der Waals surface area contributed by atoms with Crippen LogP contribution in [0.2, 0.25) is 0 Å². The summed E-state index contributed by atoms with van der Waals surface area (Å²) in [4.78, 5) is 66.9. The molecule has 2 aromatic heterocycles. The monoisotopic (exact) mass is 930 g/mol. The van der Waals surface area contributed by atoms with Gasteiger partial charge in [0.25, 0.3) is 0 Å². The van der Waals surface area contributed by atoms with Crippen LogP contribution in [0, 0.1) is 11.3 Å². The summed E-state index contributed by atoms with van der Waals surface area (Å²) < 4.78 is 43.6. The number of carbonyl (C=O) groups excluding carboxylic acids is 4. The van der Waals surface area contributed by atoms with Crippen LogP contribution < -0.4 is 25.4 Å². The molecule has 348 valence electrons. The van der Waals surface area contributed by atoms with E-state index in [9.17, 15) is 23.7 Å². The van der Waals surface area contributed by atoms with Crippen molar-refractivity contribution >= 4 is 58.6 Å². The summed E-state index contributed by atoms with van der Waals surface area (Å²) in [5.41, 5.74) is 1.24. The molecule has 6 atom stereocenters. The van der Waals surface area contributed by atoms with Gasteiger partial charge in [0.15, 0.2) is 11.9 Å². The Hall–Kier alpha value is -5.51. The summed E-state index contributed by atoms with van der Waals surface area (Å²) >= 11 is 1.45. The predicted molar refractivity (Wildman–Crippen MR) is 248 cm³/mol. The maximum atomic E-state index is 14.9. The molecule has 7 rings (SSSR count). The average Bonchev–Trinajstić information content (AvgIpc) is 3.66. The summed E-state index contributed by atoms with van der Waals surface area (Å²) in [6, 6.07) is 13.5. The van der Waals surface area contributed by atoms with Gasteiger partial charge in [0.1, 0.15) is 46.8 Å². The number of likely N-dealkylation sites (tertiary alicyclic amines) is 1. The van der Waals surface area contributed by atoms with Crippen LogP contribution in [0.1, 0.15) is 83.5 Å². The van der Waals surface area contributed by atoms with Crippen molar-refractivity contribution in [1.29, 1.82) is 0 Å². The second kappa shape index (κ2) is 19.5. The van der Waals surface area contributed by atoms with E-state index in [-0.39, 0.29) is 31.5 Å². The van der Waals surface area contributed by atoms with Crippen molar-refractivity contribution in [3.8, 4) is 22.9 Å². The van der Waals surface area contributed by atoms with Crippen molar-refractivity contribution in [2.24, 2.45) is 11.3 Å². The Kier molecular flexibility index (Phi) is 14.3. The van der Waals surface area contributed by atoms with Crippen molar-refractivity contribution in [2.45, 2.75) is 109 Å². The van der Waals surface area contributed by atoms with Gasteiger partial charge in [-0.15, -0.1) is 17.9 Å². The second-order valence-electron chi connectivity index (χ2n) is 18.3. The smallest absolute Gasteiger partial charge is 0.408 e. The van der Waals surface area contributed by atoms with E-state index in [1.54, 1.807) is 61.7 Å². The van der Waals surface area contributed by atoms with Gasteiger partial charge < -0.3 is 39.8 Å². The molecule has 3 heterocycles. The van der Waals surface area contributed by atoms with Gasteiger partial charge in [0.2, 0.25) is 19.2 Å². The number of thiazole rings is 1. The van der Waals surface area contributed by atoms with Crippen LogP contribution in [0.3, 0.4) is 0 Å². The molecular formula is C47H59N6O10PS. The number of ether oxygens (including phenoxy) is 4. The fraction of sp³-hybridized carbons (Fsp3) is 0.489. The molecule has 3 fully saturated rings. The van der Waals surface area contributed by atoms with E-state index >= 15 is 0 Å². The van der Waals surface area contributed by atoms with Crippen molar-refractivity contribution in [2.75, 3.05) is 32.4 Å². The quantitative estimate of drug-likeness (QED) is 0.0396. The van der Waals surface area contributed by atoms with Crippen LogP contribution in [0.4, 0.5) is 9.93 Å². The number of esters is 1. The van der Waals surface area contributed by atoms with Crippen LogP contribution in [-0.2, 0) is 28.2 Å². The average molecular weight is 931 g/mol. The minimum absolute atomic E-state index is 0.0355. The highest BCUT2D eigenvalue weighted by Crippen LogP contribution is 2.70. The Labute approximate surface area is 383 Å². The predicted octanol–water partition coefficient (Wildman–Crippen LogP) is 8.38. The summed E-state index contributed by atoms with van der Waals surface area (Å²) in [6.07, 6.45) is 3.60. The van der Waals surface area contributed by atoms with E-state index in [0.717, 1.165) is 30.8 Å². The van der Waals surface area contributed by atoms with Crippen LogP contribution in [0.15, 0.2) is 72.6 Å². The number of benzene rings is 2. The normalized spacial score (nSPS) is 22.2. The molecule has 2 aromatic carbocycles. The van der Waals surface area contributed by atoms with Crippen LogP contribution >= 0.6 is 18.7 Å². The number of hydrogen-bond donors (Lipinski definition) is 3. The van der Waals surface area contributed by atoms with Crippen molar-refractivity contribution < 1.29 is 47.2 Å². The van der Waals surface area contributed by atoms with Crippen molar-refractivity contribution in [3.63, 3.8) is 0 Å². The summed E-state index contributed by atoms with van der Waals surface area (Å²) in [7, 11) is -2.21. The third-order valence-corrected chi connectivity index (χ3v) is 15.5. The van der Waals surface area contributed by atoms with E-state index < -0.39 is 72.8 Å². The Morgan fingerprint density at radius 1 is 1.03 bits per heavy atom. The number of hydrogen-bond acceptors (Lipinski definition) is 14. The van der Waals surface area contributed by atoms with Gasteiger partial charge >= 0.3 is 12.1 Å². The van der Waals surface area contributed by atoms with Gasteiger partial charge in [-0.2, -0.15) is 0 Å². The van der Waals surface area contributed by atoms with Crippen LogP contribution in [0.5, 0.6) is 11.5 Å². The zero-order valence-electron chi connectivity index (χ0n) is 38.0. The summed E-state index contributed by atoms with van der Waals surface area (Å²) in [5, 5.41) is 11.1. The SMILES string of the molecule is C=C[C@@H]1C[C@]1(NC(=O)C1C[C@@H](Oc2cc(-c3csc(NC(C)C)n3)nc3cc(OC)ccc23)CN1C(=O)[C@@H](NC(=O)OC1CCCC1)C(C)(C)C)P(C)(=O)OCOC(=O)c1ccccc1. The van der Waals surface area contributed by atoms with Crippen LogP contribution in [-0.4, -0.2) is 101 Å². The summed E-state index contributed by atoms with van der Waals surface area (Å²) in [6.45, 7) is 14.2. The lowest BCUT2D eigenvalue weighted by Crippen LogP contribution is -2.58. The van der Waals surface area contributed by atoms with Gasteiger partial charge in [-0.1, -0.05) is 45.0 Å². The first-order valence-corrected chi connectivity index (χ1v) is 24.9. The zero-order valence-corrected chi connectivity index (χ0v) is 39.7. The van der Waals surface area contributed by atoms with E-state index in [2.05, 4.69) is 22.5 Å². The fourth-order valence-corrected chi connectivity index (χ4v) is 11.3. The fourth-order valence-electron chi connectivity index (χ4n) is 8.43. The lowest BCUT2D eigenvalue weighted by Gasteiger charge is -2.36. The number of amides is 3. The lowest BCUT2D eigenvalue weighted by molar-refractivity contribution is -0.142. The highest BCUT2D eigenvalue weighted by molar-refractivity contribution is 7.60. The first-order valence-electron chi connectivity index (χ1n) is 22.0. The molecule has 65 heavy (non-hydrogen) atoms. The first kappa shape index (κ1) is 47.5. The van der Waals surface area contributed by atoms with Crippen LogP contribution in [0.25, 0.3) is 22.3 Å². The topological polar surface area (TPSA) is 197 Å². The number of fused-ring (bicyclic) bond motifs is 1. The number of aromatic nitrogens is 2. The van der Waals surface area contributed by atoms with E-state index in [1.807, 2.05) is 46.1 Å². The molecule has 2 saturated carbocycles. The number of carbonyl (C=O) groups is 4. The highest BCUT2D eigenvalue weighted by Gasteiger charge is 2.65. The molecule has 3 amide bonds. The molecule has 18 heteroatoms. The first-order chi connectivity index (χ1) is 30.9. The van der Waals surface area contributed by atoms with Gasteiger partial charge in [-0.3, -0.25) is 18.7 Å². The van der Waals surface area contributed by atoms with Gasteiger partial charge in [0, 0.05) is 47.9 Å². The zero-order chi connectivity index (χ0) is 46.7. The molecule has 2 aliphatic carbocycles. The molecule has 1 aliphatic heterocycles. The Morgan fingerprint density at radius 3 is 2.43 bits per heavy atom. The number of nitrogens with one attached hydrogen (secondary N) is 3. The Bertz CT molecular complexity index is 2450. The summed E-state index contributed by atoms with van der Waals surface area (Å²) in [5.74, 6) is -1.18. The third kappa shape index (κ3) is 10.8. The number of methoxy groups -OCH3 is 1. The van der Waals surface area contributed by atoms with Gasteiger partial charge in [-0.05, 0) is 75.6 Å². The minimum Gasteiger partial charge on any atom is -0.497 e. The Balaban J connectivity index is 1.18. The van der Waals surface area contributed by atoms with E-state index in [0.29, 0.717) is 39.4 Å². The molecule has 0 bridgehead atoms. The maximum absolute atomic E-state index is 14.9. The molecule has 2 unspecified atom stereocenters. The number of nitrogens with zero attached hydrogens (tertiary/aromatic N) is 3. The van der Waals surface area contributed by atoms with Crippen molar-refractivity contribution in [1.82, 2.24) is 25.5 Å². The van der Waals surface area contributed by atoms with E-state index in [4.69, 9.17) is 33.4 Å². The largest absolute Gasteiger partial charge is 0.497 e. The number of pyridine rings is 1. The molecule has 0 spiro atoms. The molecule has 3 aliphatic rings. The number of anilines is 1. The number of rotatable bonds is 17. The van der Waals surface area contributed by atoms with Gasteiger partial charge in [0.05, 0.1) is 30.4 Å². The second-order valence-corrected chi connectivity index (χ2v) is 21.9. The third-order valence-electron chi connectivity index (χ3n) is 12.1. The van der Waals surface area contributed by atoms with E-state index in [1.165, 1.54) is 22.9 Å². The molecule has 1 saturated heterocycles. The Morgan fingerprint density at radius 2 is 1.77 bits per heavy atom. The maximum Gasteiger partial charge on any atom is 0.408 e. The lowest BCUT2D eigenvalue weighted by atomic mass is 9.85. The van der Waals surface area contributed by atoms with Crippen molar-refractivity contribution in [3.05, 3.63) is 78.2 Å². The standard InChI is InChI=1S/C47H59N6O10PS/c1-9-30-24-47(30,64(8,58)61-27-60-43(56)29-15-11-10-12-16-29)52-41(54)38-22-33(25-53(38)42(55)40(46(4,5)6)51-45(57)63-31-17-13-14-18-31)62-39-23-36(37-26-65-44(50-37)48-28(2)3)49-35-21-32(59-7)19-20-34(35)39/h9-12,15-16,19-21,23,26,28,30-31,33,38,40H,1,13-14,17-18,22,24-25,27H2,2-8H3,(H,48,50)(H,51,57)(H,52,54)/t30-,33-,38?,40-,47+,64?/m1/s1. The molecule has 3 N–H and O–H groups in total. The minimum atomic E-state index is -3.78. The number of alkyl carbamates (subject to hydrolysis) is 1. The molecular weight excluding hydrogens is 872 g/mol. The molecule has 0 radical (unpaired) electrons. The highest BCUT2D eigenvalue weighted by atomic mass is 32.1. The molecule has 4 aromatic rings.